The van der Waals surface area contributed by atoms with Crippen molar-refractivity contribution in [2.24, 2.45) is 5.73 Å². The Bertz CT molecular complexity index is 374. The maximum Gasteiger partial charge on any atom is 0.407 e. The summed E-state index contributed by atoms with van der Waals surface area (Å²) in [5.74, 6) is 0. The number of nitrogens with one attached hydrogen (secondary N) is 1. The number of rotatable bonds is 4. The molecule has 18 heavy (non-hydrogen) atoms. The predicted octanol–water partition coefficient (Wildman–Crippen LogP) is 1.48. The van der Waals surface area contributed by atoms with Crippen molar-refractivity contribution >= 4 is 6.09 Å². The molecule has 3 N–H and O–H groups in total. The Hall–Kier alpha value is -1.62. The number of aromatic nitrogens is 1. The first kappa shape index (κ1) is 14.4. The van der Waals surface area contributed by atoms with Gasteiger partial charge in [0, 0.05) is 25.0 Å². The van der Waals surface area contributed by atoms with E-state index in [0.29, 0.717) is 13.0 Å². The monoisotopic (exact) mass is 251 g/mol. The van der Waals surface area contributed by atoms with Crippen LogP contribution in [-0.2, 0) is 11.2 Å². The molecule has 0 fully saturated rings. The van der Waals surface area contributed by atoms with E-state index in [1.54, 1.807) is 12.4 Å². The number of hydrogen-bond acceptors (Lipinski definition) is 4. The number of carbonyl (C=O) groups is 1. The Morgan fingerprint density at radius 3 is 2.61 bits per heavy atom. The summed E-state index contributed by atoms with van der Waals surface area (Å²) in [5.41, 5.74) is 6.54. The van der Waals surface area contributed by atoms with E-state index in [0.717, 1.165) is 5.56 Å². The molecule has 5 heteroatoms. The summed E-state index contributed by atoms with van der Waals surface area (Å²) >= 11 is 0. The molecule has 0 aliphatic rings. The van der Waals surface area contributed by atoms with Crippen molar-refractivity contribution in [1.29, 1.82) is 0 Å². The lowest BCUT2D eigenvalue weighted by molar-refractivity contribution is 0.0524. The number of ether oxygens (including phenoxy) is 1. The van der Waals surface area contributed by atoms with E-state index < -0.39 is 11.7 Å². The van der Waals surface area contributed by atoms with Gasteiger partial charge in [0.15, 0.2) is 0 Å². The molecule has 1 amide bonds. The van der Waals surface area contributed by atoms with Crippen LogP contribution in [0.2, 0.25) is 0 Å². The van der Waals surface area contributed by atoms with E-state index in [4.69, 9.17) is 10.5 Å². The van der Waals surface area contributed by atoms with Crippen molar-refractivity contribution < 1.29 is 9.53 Å². The van der Waals surface area contributed by atoms with Crippen molar-refractivity contribution in [3.05, 3.63) is 30.1 Å². The van der Waals surface area contributed by atoms with Gasteiger partial charge in [-0.3, -0.25) is 4.98 Å². The van der Waals surface area contributed by atoms with E-state index in [2.05, 4.69) is 10.3 Å². The quantitative estimate of drug-likeness (QED) is 0.849. The first-order valence-corrected chi connectivity index (χ1v) is 5.98. The largest absolute Gasteiger partial charge is 0.444 e. The van der Waals surface area contributed by atoms with Gasteiger partial charge in [0.2, 0.25) is 0 Å². The van der Waals surface area contributed by atoms with Gasteiger partial charge in [0.1, 0.15) is 5.60 Å². The second-order valence-electron chi connectivity index (χ2n) is 5.20. The molecule has 1 aromatic heterocycles. The highest BCUT2D eigenvalue weighted by molar-refractivity contribution is 5.67. The number of amides is 1. The third-order valence-corrected chi connectivity index (χ3v) is 2.15. The van der Waals surface area contributed by atoms with Crippen LogP contribution in [0, 0.1) is 0 Å². The fraction of sp³-hybridized carbons (Fsp3) is 0.538. The molecule has 0 aliphatic heterocycles. The van der Waals surface area contributed by atoms with Crippen LogP contribution in [0.15, 0.2) is 24.5 Å². The summed E-state index contributed by atoms with van der Waals surface area (Å²) in [6.07, 6.45) is 3.71. The molecule has 1 aromatic rings. The first-order chi connectivity index (χ1) is 8.37. The van der Waals surface area contributed by atoms with Crippen LogP contribution in [0.1, 0.15) is 26.3 Å². The minimum Gasteiger partial charge on any atom is -0.444 e. The number of nitrogens with two attached hydrogens (primary N) is 1. The Morgan fingerprint density at radius 2 is 2.06 bits per heavy atom. The molecular weight excluding hydrogens is 230 g/mol. The molecule has 1 atom stereocenters. The highest BCUT2D eigenvalue weighted by Crippen LogP contribution is 2.06. The summed E-state index contributed by atoms with van der Waals surface area (Å²) in [6, 6.07) is 3.68. The van der Waals surface area contributed by atoms with Crippen LogP contribution in [0.25, 0.3) is 0 Å². The van der Waals surface area contributed by atoms with E-state index in [1.807, 2.05) is 32.9 Å². The minimum atomic E-state index is -0.487. The number of pyridine rings is 1. The van der Waals surface area contributed by atoms with Gasteiger partial charge in [-0.1, -0.05) is 0 Å². The highest BCUT2D eigenvalue weighted by Gasteiger charge is 2.16. The molecule has 0 bridgehead atoms. The Kier molecular flexibility index (Phi) is 5.09. The van der Waals surface area contributed by atoms with Crippen molar-refractivity contribution in [1.82, 2.24) is 10.3 Å². The number of nitrogens with zero attached hydrogens (tertiary/aromatic N) is 1. The molecule has 0 saturated carbocycles. The van der Waals surface area contributed by atoms with E-state index in [-0.39, 0.29) is 6.04 Å². The molecule has 0 saturated heterocycles. The van der Waals surface area contributed by atoms with Crippen LogP contribution >= 0.6 is 0 Å². The van der Waals surface area contributed by atoms with Crippen molar-refractivity contribution in [3.8, 4) is 0 Å². The maximum atomic E-state index is 11.4. The smallest absolute Gasteiger partial charge is 0.407 e. The van der Waals surface area contributed by atoms with Gasteiger partial charge in [-0.2, -0.15) is 0 Å². The van der Waals surface area contributed by atoms with Crippen LogP contribution in [0.3, 0.4) is 0 Å². The number of alkyl carbamates (subject to hydrolysis) is 1. The zero-order valence-corrected chi connectivity index (χ0v) is 11.1. The van der Waals surface area contributed by atoms with Gasteiger partial charge in [-0.05, 0) is 44.9 Å². The molecule has 0 spiro atoms. The Morgan fingerprint density at radius 1 is 1.44 bits per heavy atom. The zero-order valence-electron chi connectivity index (χ0n) is 11.1. The SMILES string of the molecule is CC(C)(C)OC(=O)NCC(N)Cc1ccncc1. The molecular formula is C13H21N3O2. The second kappa shape index (κ2) is 6.35. The molecule has 1 unspecified atom stereocenters. The predicted molar refractivity (Wildman–Crippen MR) is 70.2 cm³/mol. The normalized spacial score (nSPS) is 12.9. The Labute approximate surface area is 108 Å². The van der Waals surface area contributed by atoms with Gasteiger partial charge < -0.3 is 15.8 Å². The molecule has 0 radical (unpaired) electrons. The lowest BCUT2D eigenvalue weighted by Crippen LogP contribution is -2.41. The standard InChI is InChI=1S/C13H21N3O2/c1-13(2,3)18-12(17)16-9-11(14)8-10-4-6-15-7-5-10/h4-7,11H,8-9,14H2,1-3H3,(H,16,17). The number of carbonyl (C=O) groups excluding carboxylic acids is 1. The molecule has 0 aromatic carbocycles. The first-order valence-electron chi connectivity index (χ1n) is 5.98. The maximum absolute atomic E-state index is 11.4. The molecule has 0 aliphatic carbocycles. The van der Waals surface area contributed by atoms with E-state index in [1.165, 1.54) is 0 Å². The second-order valence-corrected chi connectivity index (χ2v) is 5.20. The fourth-order valence-electron chi connectivity index (χ4n) is 1.42. The third-order valence-electron chi connectivity index (χ3n) is 2.15. The lowest BCUT2D eigenvalue weighted by atomic mass is 10.1. The van der Waals surface area contributed by atoms with Crippen molar-refractivity contribution in [2.75, 3.05) is 6.54 Å². The van der Waals surface area contributed by atoms with Gasteiger partial charge in [0.25, 0.3) is 0 Å². The minimum absolute atomic E-state index is 0.139. The van der Waals surface area contributed by atoms with Crippen LogP contribution in [0.4, 0.5) is 4.79 Å². The molecule has 1 heterocycles. The summed E-state index contributed by atoms with van der Waals surface area (Å²) in [5, 5.41) is 2.66. The van der Waals surface area contributed by atoms with Gasteiger partial charge in [-0.15, -0.1) is 0 Å². The number of hydrogen-bond donors (Lipinski definition) is 2. The molecule has 100 valence electrons. The zero-order chi connectivity index (χ0) is 13.6. The van der Waals surface area contributed by atoms with Crippen LogP contribution in [-0.4, -0.2) is 29.3 Å². The molecule has 5 nitrogen and oxygen atoms in total. The van der Waals surface area contributed by atoms with Crippen LogP contribution < -0.4 is 11.1 Å². The lowest BCUT2D eigenvalue weighted by Gasteiger charge is -2.20. The van der Waals surface area contributed by atoms with Gasteiger partial charge in [0.05, 0.1) is 0 Å². The molecule has 1 rings (SSSR count). The van der Waals surface area contributed by atoms with Crippen molar-refractivity contribution in [2.45, 2.75) is 38.8 Å². The average Bonchev–Trinajstić information content (AvgIpc) is 2.25. The summed E-state index contributed by atoms with van der Waals surface area (Å²) in [6.45, 7) is 5.85. The van der Waals surface area contributed by atoms with Crippen LogP contribution in [0.5, 0.6) is 0 Å². The third kappa shape index (κ3) is 6.20. The van der Waals surface area contributed by atoms with Crippen molar-refractivity contribution in [3.63, 3.8) is 0 Å². The fourth-order valence-corrected chi connectivity index (χ4v) is 1.42. The van der Waals surface area contributed by atoms with E-state index in [9.17, 15) is 4.79 Å². The summed E-state index contributed by atoms with van der Waals surface area (Å²) < 4.78 is 5.12. The summed E-state index contributed by atoms with van der Waals surface area (Å²) in [7, 11) is 0. The average molecular weight is 251 g/mol. The van der Waals surface area contributed by atoms with E-state index >= 15 is 0 Å². The Balaban J connectivity index is 2.29. The van der Waals surface area contributed by atoms with Gasteiger partial charge in [-0.25, -0.2) is 4.79 Å². The summed E-state index contributed by atoms with van der Waals surface area (Å²) in [4.78, 5) is 15.4. The highest BCUT2D eigenvalue weighted by atomic mass is 16.6. The topological polar surface area (TPSA) is 77.2 Å². The van der Waals surface area contributed by atoms with Gasteiger partial charge >= 0.3 is 6.09 Å².